The third-order valence-corrected chi connectivity index (χ3v) is 3.86. The van der Waals surface area contributed by atoms with Gasteiger partial charge in [0.15, 0.2) is 0 Å². The molecule has 1 aromatic heterocycles. The van der Waals surface area contributed by atoms with Gasteiger partial charge in [-0.1, -0.05) is 6.08 Å². The van der Waals surface area contributed by atoms with Crippen LogP contribution in [0.15, 0.2) is 24.4 Å². The zero-order valence-electron chi connectivity index (χ0n) is 11.3. The molecule has 100 valence electrons. The van der Waals surface area contributed by atoms with Gasteiger partial charge in [-0.3, -0.25) is 0 Å². The molecule has 1 aromatic rings. The number of thiophene rings is 1. The number of rotatable bonds is 7. The Labute approximate surface area is 113 Å². The van der Waals surface area contributed by atoms with Gasteiger partial charge in [0.2, 0.25) is 0 Å². The highest BCUT2D eigenvalue weighted by Crippen LogP contribution is 2.18. The monoisotopic (exact) mass is 267 g/mol. The smallest absolute Gasteiger partial charge is 0.348 e. The molecule has 0 fully saturated rings. The number of hydrogen-bond donors (Lipinski definition) is 0. The second-order valence-corrected chi connectivity index (χ2v) is 5.07. The maximum absolute atomic E-state index is 11.3. The Morgan fingerprint density at radius 1 is 1.39 bits per heavy atom. The van der Waals surface area contributed by atoms with Gasteiger partial charge < -0.3 is 9.64 Å². The van der Waals surface area contributed by atoms with E-state index in [0.29, 0.717) is 4.88 Å². The van der Waals surface area contributed by atoms with E-state index in [0.717, 1.165) is 25.9 Å². The maximum atomic E-state index is 11.3. The van der Waals surface area contributed by atoms with Crippen molar-refractivity contribution in [3.63, 3.8) is 0 Å². The van der Waals surface area contributed by atoms with Crippen molar-refractivity contribution in [1.29, 1.82) is 0 Å². The molecular weight excluding hydrogens is 246 g/mol. The summed E-state index contributed by atoms with van der Waals surface area (Å²) in [5.74, 6) is -0.245. The van der Waals surface area contributed by atoms with E-state index in [2.05, 4.69) is 35.8 Å². The van der Waals surface area contributed by atoms with Crippen molar-refractivity contribution in [2.45, 2.75) is 26.7 Å². The van der Waals surface area contributed by atoms with Crippen LogP contribution in [0.25, 0.3) is 0 Å². The van der Waals surface area contributed by atoms with E-state index in [9.17, 15) is 4.79 Å². The highest BCUT2D eigenvalue weighted by atomic mass is 32.1. The van der Waals surface area contributed by atoms with Crippen molar-refractivity contribution >= 4 is 17.3 Å². The van der Waals surface area contributed by atoms with Gasteiger partial charge in [0.05, 0.1) is 7.11 Å². The minimum atomic E-state index is -0.245. The summed E-state index contributed by atoms with van der Waals surface area (Å²) in [6.07, 6.45) is 6.30. The summed E-state index contributed by atoms with van der Waals surface area (Å²) in [4.78, 5) is 15.5. The number of hydrogen-bond acceptors (Lipinski definition) is 4. The van der Waals surface area contributed by atoms with Crippen LogP contribution in [0.4, 0.5) is 0 Å². The zero-order valence-corrected chi connectivity index (χ0v) is 12.1. The van der Waals surface area contributed by atoms with Gasteiger partial charge in [0, 0.05) is 18.0 Å². The summed E-state index contributed by atoms with van der Waals surface area (Å²) in [6, 6.07) is 3.84. The largest absolute Gasteiger partial charge is 0.465 e. The lowest BCUT2D eigenvalue weighted by molar-refractivity contribution is 0.0606. The minimum absolute atomic E-state index is 0.245. The van der Waals surface area contributed by atoms with Crippen LogP contribution in [0.1, 0.15) is 34.8 Å². The van der Waals surface area contributed by atoms with Gasteiger partial charge in [0.1, 0.15) is 4.88 Å². The first-order valence-electron chi connectivity index (χ1n) is 6.29. The lowest BCUT2D eigenvalue weighted by Crippen LogP contribution is -2.14. The van der Waals surface area contributed by atoms with Crippen LogP contribution in [0.2, 0.25) is 0 Å². The van der Waals surface area contributed by atoms with E-state index < -0.39 is 0 Å². The Morgan fingerprint density at radius 2 is 2.11 bits per heavy atom. The van der Waals surface area contributed by atoms with Crippen molar-refractivity contribution in [3.05, 3.63) is 34.2 Å². The molecule has 0 amide bonds. The molecule has 3 nitrogen and oxygen atoms in total. The van der Waals surface area contributed by atoms with Crippen LogP contribution in [-0.4, -0.2) is 31.1 Å². The third-order valence-electron chi connectivity index (χ3n) is 2.73. The molecule has 0 unspecified atom stereocenters. The average Bonchev–Trinajstić information content (AvgIpc) is 2.87. The quantitative estimate of drug-likeness (QED) is 0.710. The molecule has 4 heteroatoms. The molecule has 0 saturated carbocycles. The number of nitrogens with zero attached hydrogens (tertiary/aromatic N) is 1. The fourth-order valence-corrected chi connectivity index (χ4v) is 2.55. The molecule has 1 heterocycles. The Balaban J connectivity index is 2.40. The van der Waals surface area contributed by atoms with Crippen molar-refractivity contribution < 1.29 is 9.53 Å². The van der Waals surface area contributed by atoms with Gasteiger partial charge in [-0.05, 0) is 45.0 Å². The van der Waals surface area contributed by atoms with Gasteiger partial charge in [-0.25, -0.2) is 4.79 Å². The molecule has 0 aliphatic heterocycles. The first-order valence-corrected chi connectivity index (χ1v) is 7.10. The Bertz CT molecular complexity index is 394. The molecule has 0 radical (unpaired) electrons. The van der Waals surface area contributed by atoms with E-state index >= 15 is 0 Å². The standard InChI is InChI=1S/C14H21NO2S/c1-4-15(5-2)11-7-6-8-12-9-10-13(18-12)14(16)17-3/h7,9-11H,4-6,8H2,1-3H3. The number of esters is 1. The van der Waals surface area contributed by atoms with Crippen LogP contribution in [0.3, 0.4) is 0 Å². The Morgan fingerprint density at radius 3 is 2.72 bits per heavy atom. The van der Waals surface area contributed by atoms with Gasteiger partial charge in [-0.2, -0.15) is 0 Å². The highest BCUT2D eigenvalue weighted by molar-refractivity contribution is 7.13. The topological polar surface area (TPSA) is 29.5 Å². The molecule has 1 rings (SSSR count). The van der Waals surface area contributed by atoms with Crippen LogP contribution in [-0.2, 0) is 11.2 Å². The molecular formula is C14H21NO2S. The summed E-state index contributed by atoms with van der Waals surface area (Å²) >= 11 is 1.51. The lowest BCUT2D eigenvalue weighted by atomic mass is 10.2. The summed E-state index contributed by atoms with van der Waals surface area (Å²) in [5.41, 5.74) is 0. The molecule has 0 N–H and O–H groups in total. The zero-order chi connectivity index (χ0) is 13.4. The minimum Gasteiger partial charge on any atom is -0.465 e. The number of carbonyl (C=O) groups excluding carboxylic acids is 1. The highest BCUT2D eigenvalue weighted by Gasteiger charge is 2.08. The van der Waals surface area contributed by atoms with E-state index in [1.807, 2.05) is 12.1 Å². The van der Waals surface area contributed by atoms with Crippen molar-refractivity contribution in [3.8, 4) is 0 Å². The Kier molecular flexibility index (Phi) is 6.50. The van der Waals surface area contributed by atoms with E-state index in [4.69, 9.17) is 0 Å². The van der Waals surface area contributed by atoms with Gasteiger partial charge >= 0.3 is 5.97 Å². The third kappa shape index (κ3) is 4.53. The molecule has 0 saturated heterocycles. The van der Waals surface area contributed by atoms with Crippen molar-refractivity contribution in [2.24, 2.45) is 0 Å². The number of allylic oxidation sites excluding steroid dienone is 1. The number of carbonyl (C=O) groups is 1. The summed E-state index contributed by atoms with van der Waals surface area (Å²) < 4.78 is 4.69. The predicted molar refractivity (Wildman–Crippen MR) is 76.0 cm³/mol. The van der Waals surface area contributed by atoms with Crippen LogP contribution >= 0.6 is 11.3 Å². The molecule has 0 spiro atoms. The molecule has 0 aromatic carbocycles. The van der Waals surface area contributed by atoms with Crippen LogP contribution in [0.5, 0.6) is 0 Å². The lowest BCUT2D eigenvalue weighted by Gasteiger charge is -2.14. The van der Waals surface area contributed by atoms with Crippen LogP contribution in [0, 0.1) is 0 Å². The van der Waals surface area contributed by atoms with Gasteiger partial charge in [0.25, 0.3) is 0 Å². The van der Waals surface area contributed by atoms with E-state index in [1.165, 1.54) is 23.3 Å². The fourth-order valence-electron chi connectivity index (χ4n) is 1.61. The average molecular weight is 267 g/mol. The summed E-state index contributed by atoms with van der Waals surface area (Å²) in [7, 11) is 1.41. The molecule has 0 aliphatic rings. The summed E-state index contributed by atoms with van der Waals surface area (Å²) in [5, 5.41) is 0. The van der Waals surface area contributed by atoms with E-state index in [-0.39, 0.29) is 5.97 Å². The summed E-state index contributed by atoms with van der Waals surface area (Å²) in [6.45, 7) is 6.38. The number of aryl methyl sites for hydroxylation is 1. The van der Waals surface area contributed by atoms with Crippen LogP contribution < -0.4 is 0 Å². The number of methoxy groups -OCH3 is 1. The molecule has 0 aliphatic carbocycles. The second kappa shape index (κ2) is 7.93. The first kappa shape index (κ1) is 14.8. The fraction of sp³-hybridized carbons (Fsp3) is 0.500. The predicted octanol–water partition coefficient (Wildman–Crippen LogP) is 3.32. The van der Waals surface area contributed by atoms with Gasteiger partial charge in [-0.15, -0.1) is 11.3 Å². The normalized spacial score (nSPS) is 10.8. The SMILES string of the molecule is CCN(C=CCCc1ccc(C(=O)OC)s1)CC. The van der Waals surface area contributed by atoms with E-state index in [1.54, 1.807) is 0 Å². The van der Waals surface area contributed by atoms with Crippen molar-refractivity contribution in [2.75, 3.05) is 20.2 Å². The molecule has 18 heavy (non-hydrogen) atoms. The number of ether oxygens (including phenoxy) is 1. The second-order valence-electron chi connectivity index (χ2n) is 3.90. The maximum Gasteiger partial charge on any atom is 0.348 e. The first-order chi connectivity index (χ1) is 8.71. The van der Waals surface area contributed by atoms with Crippen molar-refractivity contribution in [1.82, 2.24) is 4.90 Å². The molecule has 0 atom stereocenters. The molecule has 0 bridgehead atoms. The Hall–Kier alpha value is -1.29.